The Labute approximate surface area is 172 Å². The molecule has 0 fully saturated rings. The fourth-order valence-corrected chi connectivity index (χ4v) is 3.62. The molecule has 1 aliphatic heterocycles. The van der Waals surface area contributed by atoms with Crippen LogP contribution in [-0.4, -0.2) is 41.7 Å². The average Bonchev–Trinajstić information content (AvgIpc) is 2.85. The number of hydrogen-bond acceptors (Lipinski definition) is 8. The van der Waals surface area contributed by atoms with Gasteiger partial charge in [-0.2, -0.15) is 10.2 Å². The summed E-state index contributed by atoms with van der Waals surface area (Å²) in [6.07, 6.45) is 11.4. The highest BCUT2D eigenvalue weighted by Crippen LogP contribution is 2.46. The molecule has 5 rings (SSSR count). The predicted octanol–water partition coefficient (Wildman–Crippen LogP) is 2.92. The van der Waals surface area contributed by atoms with Crippen LogP contribution in [0.2, 0.25) is 0 Å². The van der Waals surface area contributed by atoms with Gasteiger partial charge >= 0.3 is 0 Å². The minimum Gasteiger partial charge on any atom is -0.366 e. The number of hydrogen-bond donors (Lipinski definition) is 0. The molecule has 0 N–H and O–H groups in total. The molecule has 0 aliphatic carbocycles. The van der Waals surface area contributed by atoms with Crippen molar-refractivity contribution in [2.45, 2.75) is 12.0 Å². The van der Waals surface area contributed by atoms with E-state index in [0.29, 0.717) is 18.1 Å². The van der Waals surface area contributed by atoms with Crippen LogP contribution >= 0.6 is 0 Å². The van der Waals surface area contributed by atoms with Gasteiger partial charge in [-0.25, -0.2) is 9.97 Å². The molecule has 0 aromatic carbocycles. The van der Waals surface area contributed by atoms with Crippen LogP contribution in [0.25, 0.3) is 11.1 Å². The molecule has 4 aromatic rings. The van der Waals surface area contributed by atoms with Gasteiger partial charge in [-0.05, 0) is 30.3 Å². The average molecular weight is 395 g/mol. The van der Waals surface area contributed by atoms with Crippen molar-refractivity contribution in [2.24, 2.45) is 0 Å². The van der Waals surface area contributed by atoms with E-state index in [0.717, 1.165) is 22.5 Å². The molecule has 146 valence electrons. The normalized spacial score (nSPS) is 18.9. The topological polar surface area (TPSA) is 99.5 Å². The molecular weight excluding hydrogens is 378 g/mol. The van der Waals surface area contributed by atoms with Crippen LogP contribution < -0.4 is 0 Å². The van der Waals surface area contributed by atoms with E-state index in [9.17, 15) is 0 Å². The molecule has 2 atom stereocenters. The summed E-state index contributed by atoms with van der Waals surface area (Å²) in [6.45, 7) is 0.403. The van der Waals surface area contributed by atoms with E-state index in [1.54, 1.807) is 49.4 Å². The standard InChI is InChI=1S/C22H17N7O/c1-2-7-24-16(5-1)15-14-30-21(17-6-3-10-28-29-17)20(22-26-8-4-9-27-22)19(15)18-13-23-11-12-25-18/h1-13,15,21H,14H2. The fourth-order valence-electron chi connectivity index (χ4n) is 3.62. The lowest BCUT2D eigenvalue weighted by Crippen LogP contribution is -2.25. The molecule has 0 saturated carbocycles. The Morgan fingerprint density at radius 1 is 0.733 bits per heavy atom. The Kier molecular flexibility index (Phi) is 4.97. The maximum atomic E-state index is 6.32. The number of aromatic nitrogens is 7. The minimum absolute atomic E-state index is 0.158. The van der Waals surface area contributed by atoms with E-state index in [1.807, 2.05) is 30.3 Å². The molecule has 8 nitrogen and oxygen atoms in total. The molecule has 0 spiro atoms. The fraction of sp³-hybridized carbons (Fsp3) is 0.136. The van der Waals surface area contributed by atoms with E-state index >= 15 is 0 Å². The number of rotatable bonds is 4. The number of pyridine rings is 1. The summed E-state index contributed by atoms with van der Waals surface area (Å²) in [7, 11) is 0. The highest BCUT2D eigenvalue weighted by Gasteiger charge is 2.37. The third kappa shape index (κ3) is 3.44. The van der Waals surface area contributed by atoms with Crippen LogP contribution in [-0.2, 0) is 4.74 Å². The van der Waals surface area contributed by atoms with Crippen molar-refractivity contribution in [2.75, 3.05) is 6.61 Å². The first-order chi connectivity index (χ1) is 14.9. The van der Waals surface area contributed by atoms with Crippen LogP contribution in [0, 0.1) is 0 Å². The molecule has 30 heavy (non-hydrogen) atoms. The Balaban J connectivity index is 1.79. The first-order valence-corrected chi connectivity index (χ1v) is 9.50. The van der Waals surface area contributed by atoms with Gasteiger partial charge in [0, 0.05) is 48.3 Å². The maximum absolute atomic E-state index is 6.32. The monoisotopic (exact) mass is 395 g/mol. The van der Waals surface area contributed by atoms with Crippen molar-refractivity contribution in [3.05, 3.63) is 103 Å². The first-order valence-electron chi connectivity index (χ1n) is 9.50. The van der Waals surface area contributed by atoms with Crippen molar-refractivity contribution >= 4 is 11.1 Å². The van der Waals surface area contributed by atoms with E-state index in [-0.39, 0.29) is 5.92 Å². The predicted molar refractivity (Wildman–Crippen MR) is 109 cm³/mol. The van der Waals surface area contributed by atoms with Crippen LogP contribution in [0.1, 0.15) is 34.9 Å². The summed E-state index contributed by atoms with van der Waals surface area (Å²) in [5.74, 6) is 0.393. The molecular formula is C22H17N7O. The minimum atomic E-state index is -0.488. The lowest BCUT2D eigenvalue weighted by Gasteiger charge is -2.33. The SMILES string of the molecule is c1ccc(C2COC(c3cccnn3)C(c3ncccn3)=C2c2cnccn2)nc1. The second-order valence-electron chi connectivity index (χ2n) is 6.66. The Hall–Kier alpha value is -3.91. The third-order valence-corrected chi connectivity index (χ3v) is 4.88. The van der Waals surface area contributed by atoms with Gasteiger partial charge in [0.2, 0.25) is 0 Å². The van der Waals surface area contributed by atoms with E-state index in [1.165, 1.54) is 0 Å². The lowest BCUT2D eigenvalue weighted by atomic mass is 9.83. The maximum Gasteiger partial charge on any atom is 0.158 e. The Bertz CT molecular complexity index is 1050. The molecule has 0 saturated heterocycles. The zero-order valence-corrected chi connectivity index (χ0v) is 15.9. The summed E-state index contributed by atoms with van der Waals surface area (Å²) >= 11 is 0. The second-order valence-corrected chi connectivity index (χ2v) is 6.66. The third-order valence-electron chi connectivity index (χ3n) is 4.88. The highest BCUT2D eigenvalue weighted by molar-refractivity contribution is 5.93. The zero-order valence-electron chi connectivity index (χ0n) is 15.9. The molecule has 5 heterocycles. The summed E-state index contributed by atoms with van der Waals surface area (Å²) < 4.78 is 6.32. The molecule has 8 heteroatoms. The first kappa shape index (κ1) is 18.1. The van der Waals surface area contributed by atoms with E-state index in [2.05, 4.69) is 35.1 Å². The molecule has 4 aromatic heterocycles. The highest BCUT2D eigenvalue weighted by atomic mass is 16.5. The van der Waals surface area contributed by atoms with Crippen molar-refractivity contribution in [1.29, 1.82) is 0 Å². The largest absolute Gasteiger partial charge is 0.366 e. The Morgan fingerprint density at radius 2 is 1.60 bits per heavy atom. The van der Waals surface area contributed by atoms with Crippen LogP contribution in [0.4, 0.5) is 0 Å². The molecule has 0 amide bonds. The van der Waals surface area contributed by atoms with Gasteiger partial charge in [-0.1, -0.05) is 6.07 Å². The van der Waals surface area contributed by atoms with E-state index in [4.69, 9.17) is 4.74 Å². The van der Waals surface area contributed by atoms with E-state index < -0.39 is 6.10 Å². The molecule has 0 radical (unpaired) electrons. The van der Waals surface area contributed by atoms with Gasteiger partial charge in [0.25, 0.3) is 0 Å². The summed E-state index contributed by atoms with van der Waals surface area (Å²) in [5.41, 5.74) is 4.01. The molecule has 2 unspecified atom stereocenters. The van der Waals surface area contributed by atoms with Crippen molar-refractivity contribution in [3.8, 4) is 0 Å². The summed E-state index contributed by atoms with van der Waals surface area (Å²) in [6, 6.07) is 11.3. The summed E-state index contributed by atoms with van der Waals surface area (Å²) in [5, 5.41) is 8.32. The van der Waals surface area contributed by atoms with Crippen molar-refractivity contribution in [1.82, 2.24) is 35.1 Å². The molecule has 0 bridgehead atoms. The van der Waals surface area contributed by atoms with Gasteiger partial charge in [0.1, 0.15) is 6.10 Å². The van der Waals surface area contributed by atoms with Gasteiger partial charge in [-0.3, -0.25) is 15.0 Å². The van der Waals surface area contributed by atoms with Crippen molar-refractivity contribution < 1.29 is 4.74 Å². The van der Waals surface area contributed by atoms with Crippen LogP contribution in [0.15, 0.2) is 79.8 Å². The number of ether oxygens (including phenoxy) is 1. The smallest absolute Gasteiger partial charge is 0.158 e. The van der Waals surface area contributed by atoms with Crippen LogP contribution in [0.3, 0.4) is 0 Å². The Morgan fingerprint density at radius 3 is 2.33 bits per heavy atom. The van der Waals surface area contributed by atoms with Gasteiger partial charge in [-0.15, -0.1) is 0 Å². The van der Waals surface area contributed by atoms with Crippen LogP contribution in [0.5, 0.6) is 0 Å². The van der Waals surface area contributed by atoms with Gasteiger partial charge in [0.05, 0.1) is 35.8 Å². The number of nitrogens with zero attached hydrogens (tertiary/aromatic N) is 7. The van der Waals surface area contributed by atoms with Crippen molar-refractivity contribution in [3.63, 3.8) is 0 Å². The summed E-state index contributed by atoms with van der Waals surface area (Å²) in [4.78, 5) is 22.5. The quantitative estimate of drug-likeness (QED) is 0.520. The van der Waals surface area contributed by atoms with Gasteiger partial charge in [0.15, 0.2) is 5.82 Å². The van der Waals surface area contributed by atoms with Gasteiger partial charge < -0.3 is 4.74 Å². The lowest BCUT2D eigenvalue weighted by molar-refractivity contribution is 0.0766. The zero-order chi connectivity index (χ0) is 20.2. The molecule has 1 aliphatic rings. The second kappa shape index (κ2) is 8.22.